The highest BCUT2D eigenvalue weighted by Crippen LogP contribution is 2.11. The standard InChI is InChI=1S/C21H38N2O/c1-3-5-7-9-10-11-13-15-19-24-21-22-18-17-20(23-21)16-14-12-8-6-4-2/h17-18H,3-16,19H2,1-2H3. The summed E-state index contributed by atoms with van der Waals surface area (Å²) in [7, 11) is 0. The highest BCUT2D eigenvalue weighted by molar-refractivity contribution is 5.05. The van der Waals surface area contributed by atoms with Gasteiger partial charge in [0.15, 0.2) is 0 Å². The molecule has 1 aromatic heterocycles. The fourth-order valence-electron chi connectivity index (χ4n) is 2.89. The van der Waals surface area contributed by atoms with Crippen LogP contribution in [0.15, 0.2) is 12.3 Å². The predicted octanol–water partition coefficient (Wildman–Crippen LogP) is 6.51. The summed E-state index contributed by atoms with van der Waals surface area (Å²) in [5.41, 5.74) is 1.12. The van der Waals surface area contributed by atoms with Crippen LogP contribution in [0.4, 0.5) is 0 Å². The van der Waals surface area contributed by atoms with Crippen LogP contribution in [0.2, 0.25) is 0 Å². The first kappa shape index (κ1) is 20.9. The Kier molecular flexibility index (Phi) is 13.4. The van der Waals surface area contributed by atoms with Crippen LogP contribution in [-0.4, -0.2) is 16.6 Å². The molecule has 0 atom stereocenters. The molecular formula is C21H38N2O. The molecule has 0 amide bonds. The van der Waals surface area contributed by atoms with E-state index in [0.717, 1.165) is 25.1 Å². The van der Waals surface area contributed by atoms with E-state index in [-0.39, 0.29) is 0 Å². The number of hydrogen-bond acceptors (Lipinski definition) is 3. The second-order valence-corrected chi connectivity index (χ2v) is 6.82. The zero-order valence-corrected chi connectivity index (χ0v) is 16.1. The molecule has 0 fully saturated rings. The minimum Gasteiger partial charge on any atom is -0.463 e. The molecule has 3 nitrogen and oxygen atoms in total. The molecule has 0 aliphatic rings. The summed E-state index contributed by atoms with van der Waals surface area (Å²) in [5.74, 6) is 0. The molecule has 0 radical (unpaired) electrons. The van der Waals surface area contributed by atoms with Crippen LogP contribution in [0.5, 0.6) is 6.01 Å². The summed E-state index contributed by atoms with van der Waals surface area (Å²) in [5, 5.41) is 0. The summed E-state index contributed by atoms with van der Waals surface area (Å²) in [6, 6.07) is 2.58. The van der Waals surface area contributed by atoms with Crippen molar-refractivity contribution in [1.29, 1.82) is 0 Å². The van der Waals surface area contributed by atoms with Gasteiger partial charge in [-0.15, -0.1) is 0 Å². The van der Waals surface area contributed by atoms with Gasteiger partial charge in [-0.05, 0) is 25.3 Å². The Bertz CT molecular complexity index is 395. The van der Waals surface area contributed by atoms with Gasteiger partial charge in [-0.2, -0.15) is 0 Å². The summed E-state index contributed by atoms with van der Waals surface area (Å²) in [4.78, 5) is 8.76. The van der Waals surface area contributed by atoms with Crippen molar-refractivity contribution in [1.82, 2.24) is 9.97 Å². The molecular weight excluding hydrogens is 296 g/mol. The average molecular weight is 335 g/mol. The third-order valence-corrected chi connectivity index (χ3v) is 4.46. The molecule has 24 heavy (non-hydrogen) atoms. The van der Waals surface area contributed by atoms with Crippen LogP contribution in [-0.2, 0) is 6.42 Å². The van der Waals surface area contributed by atoms with Crippen LogP contribution < -0.4 is 4.74 Å². The molecule has 3 heteroatoms. The number of aryl methyl sites for hydroxylation is 1. The molecule has 0 aromatic carbocycles. The van der Waals surface area contributed by atoms with Gasteiger partial charge in [0, 0.05) is 11.9 Å². The van der Waals surface area contributed by atoms with Crippen LogP contribution in [0.25, 0.3) is 0 Å². The molecule has 0 spiro atoms. The lowest BCUT2D eigenvalue weighted by atomic mass is 10.1. The second-order valence-electron chi connectivity index (χ2n) is 6.82. The zero-order chi connectivity index (χ0) is 17.3. The number of rotatable bonds is 16. The van der Waals surface area contributed by atoms with Crippen molar-refractivity contribution >= 4 is 0 Å². The van der Waals surface area contributed by atoms with Gasteiger partial charge in [-0.3, -0.25) is 0 Å². The Hall–Kier alpha value is -1.12. The van der Waals surface area contributed by atoms with Crippen molar-refractivity contribution in [3.05, 3.63) is 18.0 Å². The molecule has 1 aromatic rings. The van der Waals surface area contributed by atoms with E-state index in [0.29, 0.717) is 6.01 Å². The van der Waals surface area contributed by atoms with Gasteiger partial charge in [0.1, 0.15) is 0 Å². The Morgan fingerprint density at radius 1 is 0.750 bits per heavy atom. The minimum atomic E-state index is 0.559. The Morgan fingerprint density at radius 3 is 2.00 bits per heavy atom. The van der Waals surface area contributed by atoms with E-state index in [1.165, 1.54) is 77.0 Å². The first-order valence-electron chi connectivity index (χ1n) is 10.3. The molecule has 0 saturated heterocycles. The molecule has 0 bridgehead atoms. The maximum Gasteiger partial charge on any atom is 0.316 e. The van der Waals surface area contributed by atoms with Gasteiger partial charge < -0.3 is 4.74 Å². The topological polar surface area (TPSA) is 35.0 Å². The van der Waals surface area contributed by atoms with E-state index in [1.54, 1.807) is 0 Å². The number of aromatic nitrogens is 2. The summed E-state index contributed by atoms with van der Waals surface area (Å²) in [6.45, 7) is 5.26. The Labute approximate surface area is 149 Å². The molecule has 0 aliphatic heterocycles. The zero-order valence-electron chi connectivity index (χ0n) is 16.1. The molecule has 0 N–H and O–H groups in total. The predicted molar refractivity (Wildman–Crippen MR) is 103 cm³/mol. The molecule has 0 unspecified atom stereocenters. The quantitative estimate of drug-likeness (QED) is 0.323. The van der Waals surface area contributed by atoms with Gasteiger partial charge in [-0.1, -0.05) is 84.5 Å². The third-order valence-electron chi connectivity index (χ3n) is 4.46. The summed E-state index contributed by atoms with van der Waals surface area (Å²) >= 11 is 0. The van der Waals surface area contributed by atoms with Gasteiger partial charge in [0.05, 0.1) is 6.61 Å². The Morgan fingerprint density at radius 2 is 1.33 bits per heavy atom. The lowest BCUT2D eigenvalue weighted by Crippen LogP contribution is -2.03. The van der Waals surface area contributed by atoms with Crippen molar-refractivity contribution in [2.75, 3.05) is 6.61 Å². The third kappa shape index (κ3) is 11.4. The van der Waals surface area contributed by atoms with Crippen LogP contribution >= 0.6 is 0 Å². The molecule has 0 saturated carbocycles. The lowest BCUT2D eigenvalue weighted by Gasteiger charge is -2.06. The molecule has 138 valence electrons. The lowest BCUT2D eigenvalue weighted by molar-refractivity contribution is 0.280. The van der Waals surface area contributed by atoms with Crippen LogP contribution in [0.1, 0.15) is 103 Å². The summed E-state index contributed by atoms with van der Waals surface area (Å²) in [6.07, 6.45) is 19.9. The monoisotopic (exact) mass is 334 g/mol. The SMILES string of the molecule is CCCCCCCCCCOc1nccc(CCCCCCC)n1. The van der Waals surface area contributed by atoms with Crippen molar-refractivity contribution in [3.8, 4) is 6.01 Å². The summed E-state index contributed by atoms with van der Waals surface area (Å²) < 4.78 is 5.71. The van der Waals surface area contributed by atoms with E-state index >= 15 is 0 Å². The van der Waals surface area contributed by atoms with E-state index in [9.17, 15) is 0 Å². The molecule has 1 rings (SSSR count). The van der Waals surface area contributed by atoms with Crippen molar-refractivity contribution in [2.24, 2.45) is 0 Å². The first-order valence-corrected chi connectivity index (χ1v) is 10.3. The Balaban J connectivity index is 2.05. The highest BCUT2D eigenvalue weighted by atomic mass is 16.5. The van der Waals surface area contributed by atoms with Gasteiger partial charge in [0.25, 0.3) is 0 Å². The van der Waals surface area contributed by atoms with Crippen molar-refractivity contribution in [3.63, 3.8) is 0 Å². The van der Waals surface area contributed by atoms with Crippen molar-refractivity contribution < 1.29 is 4.74 Å². The van der Waals surface area contributed by atoms with Crippen molar-refractivity contribution in [2.45, 2.75) is 104 Å². The van der Waals surface area contributed by atoms with Gasteiger partial charge >= 0.3 is 6.01 Å². The van der Waals surface area contributed by atoms with Crippen LogP contribution in [0, 0.1) is 0 Å². The number of unbranched alkanes of at least 4 members (excludes halogenated alkanes) is 11. The normalized spacial score (nSPS) is 10.9. The number of hydrogen-bond donors (Lipinski definition) is 0. The second kappa shape index (κ2) is 15.4. The minimum absolute atomic E-state index is 0.559. The van der Waals surface area contributed by atoms with E-state index in [1.807, 2.05) is 12.3 Å². The largest absolute Gasteiger partial charge is 0.463 e. The average Bonchev–Trinajstić information content (AvgIpc) is 2.60. The van der Waals surface area contributed by atoms with Gasteiger partial charge in [0.2, 0.25) is 0 Å². The van der Waals surface area contributed by atoms with E-state index in [2.05, 4.69) is 23.8 Å². The smallest absolute Gasteiger partial charge is 0.316 e. The van der Waals surface area contributed by atoms with Gasteiger partial charge in [-0.25, -0.2) is 9.97 Å². The van der Waals surface area contributed by atoms with E-state index in [4.69, 9.17) is 4.74 Å². The molecule has 0 aliphatic carbocycles. The maximum atomic E-state index is 5.71. The number of nitrogens with zero attached hydrogens (tertiary/aromatic N) is 2. The number of ether oxygens (including phenoxy) is 1. The van der Waals surface area contributed by atoms with Crippen LogP contribution in [0.3, 0.4) is 0 Å². The highest BCUT2D eigenvalue weighted by Gasteiger charge is 2.01. The fourth-order valence-corrected chi connectivity index (χ4v) is 2.89. The maximum absolute atomic E-state index is 5.71. The van der Waals surface area contributed by atoms with E-state index < -0.39 is 0 Å². The fraction of sp³-hybridized carbons (Fsp3) is 0.810. The first-order chi connectivity index (χ1) is 11.9. The molecule has 1 heterocycles.